The fourth-order valence-corrected chi connectivity index (χ4v) is 3.06. The fourth-order valence-electron chi connectivity index (χ4n) is 3.06. The number of hydrogen-bond donors (Lipinski definition) is 1. The van der Waals surface area contributed by atoms with E-state index < -0.39 is 12.6 Å². The van der Waals surface area contributed by atoms with Crippen LogP contribution in [-0.2, 0) is 11.3 Å². The zero-order valence-corrected chi connectivity index (χ0v) is 16.9. The van der Waals surface area contributed by atoms with Crippen LogP contribution in [0.4, 0.5) is 0 Å². The van der Waals surface area contributed by atoms with Gasteiger partial charge in [0.1, 0.15) is 0 Å². The van der Waals surface area contributed by atoms with E-state index in [0.29, 0.717) is 29.3 Å². The van der Waals surface area contributed by atoms with Gasteiger partial charge in [0.05, 0.1) is 12.8 Å². The van der Waals surface area contributed by atoms with Gasteiger partial charge in [-0.2, -0.15) is 0 Å². The maximum absolute atomic E-state index is 12.8. The molecule has 0 unspecified atom stereocenters. The predicted molar refractivity (Wildman–Crippen MR) is 114 cm³/mol. The first-order valence-electron chi connectivity index (χ1n) is 9.44. The normalized spacial score (nSPS) is 10.9. The molecular weight excluding hydrogens is 382 g/mol. The van der Waals surface area contributed by atoms with Crippen molar-refractivity contribution in [1.82, 2.24) is 4.57 Å². The zero-order chi connectivity index (χ0) is 21.5. The molecule has 2 aromatic carbocycles. The number of benzene rings is 2. The van der Waals surface area contributed by atoms with Crippen LogP contribution < -0.4 is 9.47 Å². The Morgan fingerprint density at radius 1 is 1.07 bits per heavy atom. The molecule has 0 aliphatic heterocycles. The fraction of sp³-hybridized carbons (Fsp3) is 0.167. The summed E-state index contributed by atoms with van der Waals surface area (Å²) in [5.74, 6) is -0.275. The number of carbonyl (C=O) groups excluding carboxylic acids is 1. The number of ether oxygens (including phenoxy) is 2. The van der Waals surface area contributed by atoms with Crippen LogP contribution in [0, 0.1) is 6.92 Å². The van der Waals surface area contributed by atoms with E-state index in [1.807, 2.05) is 66.2 Å². The number of carboxylic acid groups (broad SMARTS) is 1. The Kier molecular flexibility index (Phi) is 6.70. The van der Waals surface area contributed by atoms with Crippen LogP contribution in [0.15, 0.2) is 66.9 Å². The van der Waals surface area contributed by atoms with Gasteiger partial charge in [0.15, 0.2) is 18.1 Å². The molecule has 0 radical (unpaired) electrons. The quantitative estimate of drug-likeness (QED) is 0.540. The van der Waals surface area contributed by atoms with Crippen molar-refractivity contribution in [2.45, 2.75) is 13.5 Å². The van der Waals surface area contributed by atoms with Crippen LogP contribution in [0.1, 0.15) is 27.2 Å². The van der Waals surface area contributed by atoms with Crippen LogP contribution in [0.2, 0.25) is 0 Å². The van der Waals surface area contributed by atoms with Gasteiger partial charge in [-0.15, -0.1) is 0 Å². The molecule has 6 nitrogen and oxygen atoms in total. The average Bonchev–Trinajstić information content (AvgIpc) is 3.20. The number of ketones is 1. The molecule has 0 bridgehead atoms. The van der Waals surface area contributed by atoms with Crippen molar-refractivity contribution in [3.63, 3.8) is 0 Å². The second-order valence-electron chi connectivity index (χ2n) is 6.70. The lowest BCUT2D eigenvalue weighted by Crippen LogP contribution is -2.10. The first kappa shape index (κ1) is 20.9. The van der Waals surface area contributed by atoms with Gasteiger partial charge < -0.3 is 19.1 Å². The van der Waals surface area contributed by atoms with Gasteiger partial charge >= 0.3 is 5.97 Å². The highest BCUT2D eigenvalue weighted by molar-refractivity contribution is 6.08. The summed E-state index contributed by atoms with van der Waals surface area (Å²) in [7, 11) is 1.50. The molecular formula is C24H23NO5. The van der Waals surface area contributed by atoms with Gasteiger partial charge in [-0.3, -0.25) is 4.79 Å². The summed E-state index contributed by atoms with van der Waals surface area (Å²) in [5.41, 5.74) is 3.11. The Labute approximate surface area is 175 Å². The summed E-state index contributed by atoms with van der Waals surface area (Å²) in [6, 6.07) is 16.4. The van der Waals surface area contributed by atoms with E-state index >= 15 is 0 Å². The van der Waals surface area contributed by atoms with Crippen molar-refractivity contribution >= 4 is 17.8 Å². The van der Waals surface area contributed by atoms with E-state index in [0.717, 1.165) is 11.1 Å². The summed E-state index contributed by atoms with van der Waals surface area (Å²) in [5, 5.41) is 8.81. The molecule has 30 heavy (non-hydrogen) atoms. The molecule has 0 fully saturated rings. The molecule has 0 aliphatic carbocycles. The monoisotopic (exact) mass is 405 g/mol. The van der Waals surface area contributed by atoms with E-state index in [-0.39, 0.29) is 5.78 Å². The Morgan fingerprint density at radius 3 is 2.53 bits per heavy atom. The molecule has 0 saturated heterocycles. The standard InChI is InChI=1S/C24H23NO5/c1-17-10-12-18(13-11-17)23(28)20-8-5-15-25(20)14-4-7-19-6-3-9-21(24(19)29-2)30-16-22(26)27/h3-13,15H,14,16H2,1-2H3,(H,26,27). The lowest BCUT2D eigenvalue weighted by molar-refractivity contribution is -0.139. The molecule has 0 aliphatic rings. The smallest absolute Gasteiger partial charge is 0.341 e. The second-order valence-corrected chi connectivity index (χ2v) is 6.70. The van der Waals surface area contributed by atoms with Crippen molar-refractivity contribution in [2.75, 3.05) is 13.7 Å². The number of para-hydroxylation sites is 1. The average molecular weight is 405 g/mol. The summed E-state index contributed by atoms with van der Waals surface area (Å²) in [6.45, 7) is 2.03. The zero-order valence-electron chi connectivity index (χ0n) is 16.9. The van der Waals surface area contributed by atoms with Crippen molar-refractivity contribution in [2.24, 2.45) is 0 Å². The Bertz CT molecular complexity index is 1060. The number of methoxy groups -OCH3 is 1. The Hall–Kier alpha value is -3.80. The second kappa shape index (κ2) is 9.60. The van der Waals surface area contributed by atoms with Crippen molar-refractivity contribution in [3.05, 3.63) is 89.3 Å². The third-order valence-electron chi connectivity index (χ3n) is 4.54. The summed E-state index contributed by atoms with van der Waals surface area (Å²) in [4.78, 5) is 23.6. The Morgan fingerprint density at radius 2 is 1.83 bits per heavy atom. The van der Waals surface area contributed by atoms with Gasteiger partial charge in [-0.1, -0.05) is 54.1 Å². The predicted octanol–water partition coefficient (Wildman–Crippen LogP) is 4.21. The third kappa shape index (κ3) is 4.97. The maximum atomic E-state index is 12.8. The largest absolute Gasteiger partial charge is 0.492 e. The third-order valence-corrected chi connectivity index (χ3v) is 4.54. The molecule has 0 spiro atoms. The van der Waals surface area contributed by atoms with Crippen molar-refractivity contribution in [3.8, 4) is 11.5 Å². The Balaban J connectivity index is 1.76. The maximum Gasteiger partial charge on any atom is 0.341 e. The summed E-state index contributed by atoms with van der Waals surface area (Å²) in [6.07, 6.45) is 5.62. The lowest BCUT2D eigenvalue weighted by Gasteiger charge is -2.11. The molecule has 0 saturated carbocycles. The number of aromatic nitrogens is 1. The van der Waals surface area contributed by atoms with Gasteiger partial charge in [0.25, 0.3) is 0 Å². The molecule has 6 heteroatoms. The number of allylic oxidation sites excluding steroid dienone is 1. The molecule has 0 atom stereocenters. The minimum Gasteiger partial charge on any atom is -0.492 e. The van der Waals surface area contributed by atoms with Crippen molar-refractivity contribution < 1.29 is 24.2 Å². The van der Waals surface area contributed by atoms with Crippen LogP contribution in [-0.4, -0.2) is 35.1 Å². The topological polar surface area (TPSA) is 77.8 Å². The van der Waals surface area contributed by atoms with Crippen LogP contribution in [0.5, 0.6) is 11.5 Å². The first-order valence-corrected chi connectivity index (χ1v) is 9.44. The molecule has 154 valence electrons. The molecule has 1 heterocycles. The van der Waals surface area contributed by atoms with Gasteiger partial charge in [0.2, 0.25) is 5.78 Å². The SMILES string of the molecule is COc1c(C=CCn2cccc2C(=O)c2ccc(C)cc2)cccc1OCC(=O)O. The number of hydrogen-bond acceptors (Lipinski definition) is 4. The van der Waals surface area contributed by atoms with E-state index in [4.69, 9.17) is 14.6 Å². The summed E-state index contributed by atoms with van der Waals surface area (Å²) < 4.78 is 12.5. The number of aliphatic carboxylic acids is 1. The lowest BCUT2D eigenvalue weighted by atomic mass is 10.1. The molecule has 1 aromatic heterocycles. The van der Waals surface area contributed by atoms with Gasteiger partial charge in [-0.25, -0.2) is 4.79 Å². The first-order chi connectivity index (χ1) is 14.5. The summed E-state index contributed by atoms with van der Waals surface area (Å²) >= 11 is 0. The van der Waals surface area contributed by atoms with E-state index in [2.05, 4.69) is 0 Å². The molecule has 3 rings (SSSR count). The number of nitrogens with zero attached hydrogens (tertiary/aromatic N) is 1. The minimum absolute atomic E-state index is 0.0324. The highest BCUT2D eigenvalue weighted by Crippen LogP contribution is 2.32. The van der Waals surface area contributed by atoms with Crippen LogP contribution in [0.25, 0.3) is 6.08 Å². The number of carbonyl (C=O) groups is 2. The van der Waals surface area contributed by atoms with E-state index in [9.17, 15) is 9.59 Å². The minimum atomic E-state index is -1.06. The van der Waals surface area contributed by atoms with Crippen LogP contribution >= 0.6 is 0 Å². The number of rotatable bonds is 9. The molecule has 0 amide bonds. The highest BCUT2D eigenvalue weighted by Gasteiger charge is 2.13. The van der Waals surface area contributed by atoms with Gasteiger partial charge in [-0.05, 0) is 25.1 Å². The molecule has 3 aromatic rings. The van der Waals surface area contributed by atoms with E-state index in [1.54, 1.807) is 18.2 Å². The number of aryl methyl sites for hydroxylation is 1. The van der Waals surface area contributed by atoms with Gasteiger partial charge in [0, 0.05) is 23.9 Å². The van der Waals surface area contributed by atoms with Crippen LogP contribution in [0.3, 0.4) is 0 Å². The molecule has 1 N–H and O–H groups in total. The van der Waals surface area contributed by atoms with Crippen molar-refractivity contribution in [1.29, 1.82) is 0 Å². The number of carboxylic acids is 1. The van der Waals surface area contributed by atoms with E-state index in [1.165, 1.54) is 7.11 Å². The highest BCUT2D eigenvalue weighted by atomic mass is 16.5.